The first kappa shape index (κ1) is 9.99. The average Bonchev–Trinajstić information content (AvgIpc) is 2.56. The molecule has 2 rings (SSSR count). The number of halogens is 1. The minimum Gasteiger partial charge on any atom is -0.207 e. The molecule has 0 nitrogen and oxygen atoms in total. The molecule has 0 fully saturated rings. The van der Waals surface area contributed by atoms with Crippen LogP contribution in [-0.2, 0) is 5.75 Å². The highest BCUT2D eigenvalue weighted by atomic mass is 32.2. The molecule has 14 heavy (non-hydrogen) atoms. The first-order valence-electron chi connectivity index (χ1n) is 4.55. The Morgan fingerprint density at radius 3 is 3.00 bits per heavy atom. The highest BCUT2D eigenvalue weighted by molar-refractivity contribution is 7.98. The summed E-state index contributed by atoms with van der Waals surface area (Å²) in [5.41, 5.74) is 0. The van der Waals surface area contributed by atoms with E-state index in [-0.39, 0.29) is 5.82 Å². The maximum absolute atomic E-state index is 12.9. The summed E-state index contributed by atoms with van der Waals surface area (Å²) in [6.07, 6.45) is 0. The van der Waals surface area contributed by atoms with Crippen molar-refractivity contribution in [2.75, 3.05) is 5.75 Å². The standard InChI is InChI=1S/C11H11FS2/c1-2-13-7-10-5-8-3-4-9(12)6-11(8)14-10/h3-6H,2,7H2,1H3. The zero-order valence-corrected chi connectivity index (χ0v) is 9.55. The van der Waals surface area contributed by atoms with Crippen LogP contribution in [0, 0.1) is 5.82 Å². The van der Waals surface area contributed by atoms with Crippen LogP contribution in [-0.4, -0.2) is 5.75 Å². The summed E-state index contributed by atoms with van der Waals surface area (Å²) < 4.78 is 14.0. The van der Waals surface area contributed by atoms with Gasteiger partial charge in [-0.15, -0.1) is 11.3 Å². The van der Waals surface area contributed by atoms with Crippen molar-refractivity contribution in [1.29, 1.82) is 0 Å². The van der Waals surface area contributed by atoms with Crippen LogP contribution in [0.3, 0.4) is 0 Å². The zero-order valence-electron chi connectivity index (χ0n) is 7.92. The van der Waals surface area contributed by atoms with Gasteiger partial charge in [0.15, 0.2) is 0 Å². The van der Waals surface area contributed by atoms with Gasteiger partial charge in [0.2, 0.25) is 0 Å². The van der Waals surface area contributed by atoms with Gasteiger partial charge in [0, 0.05) is 15.3 Å². The SMILES string of the molecule is CCSCc1cc2ccc(F)cc2s1. The van der Waals surface area contributed by atoms with Gasteiger partial charge in [0.25, 0.3) is 0 Å². The second kappa shape index (κ2) is 4.32. The number of hydrogen-bond donors (Lipinski definition) is 0. The van der Waals surface area contributed by atoms with Crippen LogP contribution in [0.5, 0.6) is 0 Å². The Morgan fingerprint density at radius 1 is 1.36 bits per heavy atom. The highest BCUT2D eigenvalue weighted by Gasteiger charge is 2.02. The summed E-state index contributed by atoms with van der Waals surface area (Å²) in [5.74, 6) is 2.02. The van der Waals surface area contributed by atoms with E-state index in [9.17, 15) is 4.39 Å². The van der Waals surface area contributed by atoms with Gasteiger partial charge in [-0.05, 0) is 29.3 Å². The quantitative estimate of drug-likeness (QED) is 0.752. The van der Waals surface area contributed by atoms with Gasteiger partial charge >= 0.3 is 0 Å². The lowest BCUT2D eigenvalue weighted by Crippen LogP contribution is -1.71. The third-order valence-corrected chi connectivity index (χ3v) is 4.19. The van der Waals surface area contributed by atoms with Gasteiger partial charge in [0.05, 0.1) is 0 Å². The molecule has 0 saturated carbocycles. The molecule has 0 amide bonds. The lowest BCUT2D eigenvalue weighted by Gasteiger charge is -1.91. The number of rotatable bonds is 3. The molecule has 0 unspecified atom stereocenters. The van der Waals surface area contributed by atoms with Crippen molar-refractivity contribution >= 4 is 33.2 Å². The predicted octanol–water partition coefficient (Wildman–Crippen LogP) is 4.29. The van der Waals surface area contributed by atoms with Crippen molar-refractivity contribution in [3.8, 4) is 0 Å². The molecule has 0 atom stereocenters. The summed E-state index contributed by atoms with van der Waals surface area (Å²) in [6, 6.07) is 7.13. The van der Waals surface area contributed by atoms with E-state index < -0.39 is 0 Å². The Kier molecular flexibility index (Phi) is 3.08. The van der Waals surface area contributed by atoms with Crippen molar-refractivity contribution in [2.24, 2.45) is 0 Å². The lowest BCUT2D eigenvalue weighted by molar-refractivity contribution is 0.630. The van der Waals surface area contributed by atoms with Gasteiger partial charge < -0.3 is 0 Å². The summed E-state index contributed by atoms with van der Waals surface area (Å²) in [4.78, 5) is 1.33. The zero-order chi connectivity index (χ0) is 9.97. The first-order chi connectivity index (χ1) is 6.79. The Morgan fingerprint density at radius 2 is 2.21 bits per heavy atom. The van der Waals surface area contributed by atoms with E-state index in [1.807, 2.05) is 17.8 Å². The Balaban J connectivity index is 2.32. The van der Waals surface area contributed by atoms with E-state index >= 15 is 0 Å². The molecule has 3 heteroatoms. The third kappa shape index (κ3) is 2.10. The first-order valence-corrected chi connectivity index (χ1v) is 6.52. The van der Waals surface area contributed by atoms with Gasteiger partial charge in [0.1, 0.15) is 5.82 Å². The monoisotopic (exact) mass is 226 g/mol. The molecule has 0 aliphatic carbocycles. The number of fused-ring (bicyclic) bond motifs is 1. The molecule has 74 valence electrons. The minimum atomic E-state index is -0.144. The highest BCUT2D eigenvalue weighted by Crippen LogP contribution is 2.28. The van der Waals surface area contributed by atoms with Crippen LogP contribution in [0.1, 0.15) is 11.8 Å². The van der Waals surface area contributed by atoms with Crippen molar-refractivity contribution in [1.82, 2.24) is 0 Å². The smallest absolute Gasteiger partial charge is 0.124 e. The Bertz CT molecular complexity index is 434. The molecule has 0 spiro atoms. The molecule has 1 aromatic carbocycles. The molecule has 0 saturated heterocycles. The fourth-order valence-corrected chi connectivity index (χ4v) is 3.19. The molecule has 0 N–H and O–H groups in total. The fourth-order valence-electron chi connectivity index (χ4n) is 1.33. The summed E-state index contributed by atoms with van der Waals surface area (Å²) in [7, 11) is 0. The Hall–Kier alpha value is -0.540. The minimum absolute atomic E-state index is 0.144. The van der Waals surface area contributed by atoms with Crippen molar-refractivity contribution in [3.63, 3.8) is 0 Å². The fraction of sp³-hybridized carbons (Fsp3) is 0.273. The third-order valence-electron chi connectivity index (χ3n) is 1.98. The molecular formula is C11H11FS2. The molecule has 0 aliphatic rings. The van der Waals surface area contributed by atoms with Crippen LogP contribution in [0.4, 0.5) is 4.39 Å². The van der Waals surface area contributed by atoms with Gasteiger partial charge in [-0.1, -0.05) is 13.0 Å². The molecule has 0 aliphatic heterocycles. The van der Waals surface area contributed by atoms with Crippen LogP contribution in [0.15, 0.2) is 24.3 Å². The molecule has 1 heterocycles. The van der Waals surface area contributed by atoms with E-state index in [0.717, 1.165) is 21.6 Å². The van der Waals surface area contributed by atoms with E-state index in [4.69, 9.17) is 0 Å². The molecular weight excluding hydrogens is 215 g/mol. The number of benzene rings is 1. The summed E-state index contributed by atoms with van der Waals surface area (Å²) in [5, 5.41) is 1.16. The van der Waals surface area contributed by atoms with Crippen LogP contribution in [0.2, 0.25) is 0 Å². The number of hydrogen-bond acceptors (Lipinski definition) is 2. The van der Waals surface area contributed by atoms with Gasteiger partial charge in [-0.25, -0.2) is 4.39 Å². The molecule has 0 radical (unpaired) electrons. The lowest BCUT2D eigenvalue weighted by atomic mass is 10.2. The number of thioether (sulfide) groups is 1. The second-order valence-corrected chi connectivity index (χ2v) is 5.47. The van der Waals surface area contributed by atoms with E-state index in [0.29, 0.717) is 0 Å². The predicted molar refractivity (Wildman–Crippen MR) is 63.6 cm³/mol. The summed E-state index contributed by atoms with van der Waals surface area (Å²) in [6.45, 7) is 2.15. The van der Waals surface area contributed by atoms with Crippen LogP contribution >= 0.6 is 23.1 Å². The second-order valence-electron chi connectivity index (χ2n) is 3.03. The molecule has 0 bridgehead atoms. The summed E-state index contributed by atoms with van der Waals surface area (Å²) >= 11 is 3.59. The van der Waals surface area contributed by atoms with E-state index in [1.165, 1.54) is 10.9 Å². The largest absolute Gasteiger partial charge is 0.207 e. The van der Waals surface area contributed by atoms with Crippen LogP contribution in [0.25, 0.3) is 10.1 Å². The van der Waals surface area contributed by atoms with E-state index in [1.54, 1.807) is 17.4 Å². The topological polar surface area (TPSA) is 0 Å². The molecule has 2 aromatic rings. The van der Waals surface area contributed by atoms with Gasteiger partial charge in [-0.2, -0.15) is 11.8 Å². The maximum Gasteiger partial charge on any atom is 0.124 e. The number of thiophene rings is 1. The van der Waals surface area contributed by atoms with Crippen molar-refractivity contribution in [2.45, 2.75) is 12.7 Å². The van der Waals surface area contributed by atoms with Gasteiger partial charge in [-0.3, -0.25) is 0 Å². The normalized spacial score (nSPS) is 11.0. The van der Waals surface area contributed by atoms with E-state index in [2.05, 4.69) is 13.0 Å². The maximum atomic E-state index is 12.9. The van der Waals surface area contributed by atoms with Crippen LogP contribution < -0.4 is 0 Å². The Labute approximate surface area is 91.1 Å². The molecule has 1 aromatic heterocycles. The van der Waals surface area contributed by atoms with Crippen molar-refractivity contribution in [3.05, 3.63) is 35.0 Å². The average molecular weight is 226 g/mol. The van der Waals surface area contributed by atoms with Crippen molar-refractivity contribution < 1.29 is 4.39 Å².